The second-order valence-corrected chi connectivity index (χ2v) is 7.44. The van der Waals surface area contributed by atoms with E-state index in [1.165, 1.54) is 12.0 Å². The van der Waals surface area contributed by atoms with E-state index in [2.05, 4.69) is 29.2 Å². The molecule has 3 aromatic rings. The van der Waals surface area contributed by atoms with E-state index in [-0.39, 0.29) is 5.91 Å². The Kier molecular flexibility index (Phi) is 5.60. The van der Waals surface area contributed by atoms with Gasteiger partial charge in [0.15, 0.2) is 0 Å². The van der Waals surface area contributed by atoms with Gasteiger partial charge >= 0.3 is 0 Å². The zero-order valence-electron chi connectivity index (χ0n) is 16.4. The lowest BCUT2D eigenvalue weighted by Crippen LogP contribution is -2.38. The number of hydrogen-bond donors (Lipinski definition) is 0. The molecule has 0 saturated carbocycles. The minimum atomic E-state index is 0.0497. The number of ether oxygens (including phenoxy) is 1. The monoisotopic (exact) mass is 377 g/mol. The van der Waals surface area contributed by atoms with Crippen molar-refractivity contribution < 1.29 is 9.53 Å². The quantitative estimate of drug-likeness (QED) is 0.646. The number of carbonyl (C=O) groups is 1. The number of carbonyl (C=O) groups excluding carboxylic acids is 1. The van der Waals surface area contributed by atoms with Crippen LogP contribution in [0.5, 0.6) is 5.75 Å². The normalized spacial score (nSPS) is 15.1. The molecule has 1 amide bonds. The SMILES string of the molecule is CCOc1ccc(CCC2CCN(C(=O)c3cn4ccccc4n3)CC2)cc1. The second-order valence-electron chi connectivity index (χ2n) is 7.44. The molecule has 2 aromatic heterocycles. The molecule has 1 fully saturated rings. The van der Waals surface area contributed by atoms with Gasteiger partial charge in [0.2, 0.25) is 0 Å². The summed E-state index contributed by atoms with van der Waals surface area (Å²) in [5, 5.41) is 0. The summed E-state index contributed by atoms with van der Waals surface area (Å²) in [7, 11) is 0. The molecule has 1 saturated heterocycles. The largest absolute Gasteiger partial charge is 0.494 e. The van der Waals surface area contributed by atoms with Gasteiger partial charge in [0, 0.05) is 25.5 Å². The molecule has 5 nitrogen and oxygen atoms in total. The van der Waals surface area contributed by atoms with E-state index in [1.54, 1.807) is 0 Å². The number of aromatic nitrogens is 2. The minimum absolute atomic E-state index is 0.0497. The van der Waals surface area contributed by atoms with Crippen LogP contribution in [0.3, 0.4) is 0 Å². The van der Waals surface area contributed by atoms with Crippen LogP contribution in [-0.4, -0.2) is 39.9 Å². The summed E-state index contributed by atoms with van der Waals surface area (Å²) in [6.45, 7) is 4.34. The van der Waals surface area contributed by atoms with Gasteiger partial charge in [0.05, 0.1) is 6.61 Å². The highest BCUT2D eigenvalue weighted by Crippen LogP contribution is 2.24. The van der Waals surface area contributed by atoms with Crippen LogP contribution in [0.4, 0.5) is 0 Å². The van der Waals surface area contributed by atoms with Crippen molar-refractivity contribution in [3.63, 3.8) is 0 Å². The number of aryl methyl sites for hydroxylation is 1. The van der Waals surface area contributed by atoms with E-state index in [0.717, 1.165) is 43.7 Å². The Bertz CT molecular complexity index is 891. The summed E-state index contributed by atoms with van der Waals surface area (Å²) in [4.78, 5) is 19.2. The van der Waals surface area contributed by atoms with Crippen LogP contribution in [0.25, 0.3) is 5.65 Å². The molecule has 1 aliphatic heterocycles. The Balaban J connectivity index is 1.27. The predicted molar refractivity (Wildman–Crippen MR) is 110 cm³/mol. The van der Waals surface area contributed by atoms with E-state index < -0.39 is 0 Å². The molecule has 0 radical (unpaired) electrons. The summed E-state index contributed by atoms with van der Waals surface area (Å²) < 4.78 is 7.40. The maximum Gasteiger partial charge on any atom is 0.274 e. The number of hydrogen-bond acceptors (Lipinski definition) is 3. The second kappa shape index (κ2) is 8.46. The van der Waals surface area contributed by atoms with Crippen molar-refractivity contribution in [3.05, 3.63) is 66.1 Å². The minimum Gasteiger partial charge on any atom is -0.494 e. The maximum atomic E-state index is 12.8. The van der Waals surface area contributed by atoms with Gasteiger partial charge < -0.3 is 14.0 Å². The predicted octanol–water partition coefficient (Wildman–Crippen LogP) is 4.22. The zero-order valence-corrected chi connectivity index (χ0v) is 16.4. The molecule has 1 aromatic carbocycles. The van der Waals surface area contributed by atoms with Crippen LogP contribution in [-0.2, 0) is 6.42 Å². The maximum absolute atomic E-state index is 12.8. The van der Waals surface area contributed by atoms with Gasteiger partial charge in [-0.25, -0.2) is 4.98 Å². The number of pyridine rings is 1. The van der Waals surface area contributed by atoms with Crippen LogP contribution >= 0.6 is 0 Å². The first-order valence-electron chi connectivity index (χ1n) is 10.2. The van der Waals surface area contributed by atoms with Gasteiger partial charge in [-0.15, -0.1) is 0 Å². The highest BCUT2D eigenvalue weighted by Gasteiger charge is 2.25. The fourth-order valence-corrected chi connectivity index (χ4v) is 3.91. The molecule has 0 unspecified atom stereocenters. The molecular weight excluding hydrogens is 350 g/mol. The standard InChI is InChI=1S/C23H27N3O2/c1-2-28-20-10-8-18(9-11-20)6-7-19-12-15-25(16-13-19)23(27)21-17-26-14-4-3-5-22(26)24-21/h3-5,8-11,14,17,19H,2,6-7,12-13,15-16H2,1H3. The van der Waals surface area contributed by atoms with Crippen molar-refractivity contribution in [1.82, 2.24) is 14.3 Å². The highest BCUT2D eigenvalue weighted by atomic mass is 16.5. The Labute approximate surface area is 166 Å². The van der Waals surface area contributed by atoms with Gasteiger partial charge in [0.25, 0.3) is 5.91 Å². The lowest BCUT2D eigenvalue weighted by atomic mass is 9.90. The Morgan fingerprint density at radius 3 is 2.64 bits per heavy atom. The van der Waals surface area contributed by atoms with Crippen molar-refractivity contribution >= 4 is 11.6 Å². The zero-order chi connectivity index (χ0) is 19.3. The van der Waals surface area contributed by atoms with Crippen LogP contribution in [0.1, 0.15) is 42.2 Å². The topological polar surface area (TPSA) is 46.8 Å². The third-order valence-electron chi connectivity index (χ3n) is 5.56. The number of rotatable bonds is 6. The van der Waals surface area contributed by atoms with Crippen molar-refractivity contribution in [2.24, 2.45) is 5.92 Å². The van der Waals surface area contributed by atoms with Gasteiger partial charge in [-0.2, -0.15) is 0 Å². The number of imidazole rings is 1. The Hall–Kier alpha value is -2.82. The fourth-order valence-electron chi connectivity index (χ4n) is 3.91. The number of nitrogens with zero attached hydrogens (tertiary/aromatic N) is 3. The Morgan fingerprint density at radius 1 is 1.14 bits per heavy atom. The summed E-state index contributed by atoms with van der Waals surface area (Å²) in [5.41, 5.74) is 2.71. The van der Waals surface area contributed by atoms with Crippen LogP contribution in [0.2, 0.25) is 0 Å². The number of amides is 1. The molecule has 146 valence electrons. The molecule has 0 bridgehead atoms. The average molecular weight is 377 g/mol. The molecule has 1 aliphatic rings. The third kappa shape index (κ3) is 4.19. The van der Waals surface area contributed by atoms with Gasteiger partial charge in [-0.1, -0.05) is 18.2 Å². The third-order valence-corrected chi connectivity index (χ3v) is 5.56. The van der Waals surface area contributed by atoms with E-state index in [1.807, 2.05) is 46.8 Å². The van der Waals surface area contributed by atoms with Crippen molar-refractivity contribution in [2.75, 3.05) is 19.7 Å². The van der Waals surface area contributed by atoms with Gasteiger partial charge in [-0.05, 0) is 68.4 Å². The van der Waals surface area contributed by atoms with E-state index >= 15 is 0 Å². The molecule has 28 heavy (non-hydrogen) atoms. The molecular formula is C23H27N3O2. The number of piperidine rings is 1. The van der Waals surface area contributed by atoms with Crippen LogP contribution < -0.4 is 4.74 Å². The first-order chi connectivity index (χ1) is 13.7. The number of fused-ring (bicyclic) bond motifs is 1. The first kappa shape index (κ1) is 18.5. The first-order valence-corrected chi connectivity index (χ1v) is 10.2. The average Bonchev–Trinajstić information content (AvgIpc) is 3.18. The van der Waals surface area contributed by atoms with E-state index in [0.29, 0.717) is 18.2 Å². The van der Waals surface area contributed by atoms with Crippen molar-refractivity contribution in [3.8, 4) is 5.75 Å². The molecule has 0 N–H and O–H groups in total. The van der Waals surface area contributed by atoms with Crippen molar-refractivity contribution in [1.29, 1.82) is 0 Å². The lowest BCUT2D eigenvalue weighted by Gasteiger charge is -2.31. The molecule has 4 rings (SSSR count). The van der Waals surface area contributed by atoms with Crippen LogP contribution in [0, 0.1) is 5.92 Å². The number of benzene rings is 1. The van der Waals surface area contributed by atoms with E-state index in [4.69, 9.17) is 4.74 Å². The molecule has 5 heteroatoms. The summed E-state index contributed by atoms with van der Waals surface area (Å²) in [5.74, 6) is 1.66. The molecule has 0 aliphatic carbocycles. The van der Waals surface area contributed by atoms with Gasteiger partial charge in [-0.3, -0.25) is 4.79 Å². The molecule has 0 spiro atoms. The highest BCUT2D eigenvalue weighted by molar-refractivity contribution is 5.93. The smallest absolute Gasteiger partial charge is 0.274 e. The summed E-state index contributed by atoms with van der Waals surface area (Å²) in [6, 6.07) is 14.2. The summed E-state index contributed by atoms with van der Waals surface area (Å²) in [6.07, 6.45) is 8.13. The molecule has 0 atom stereocenters. The summed E-state index contributed by atoms with van der Waals surface area (Å²) >= 11 is 0. The van der Waals surface area contributed by atoms with Gasteiger partial charge in [0.1, 0.15) is 17.1 Å². The molecule has 3 heterocycles. The van der Waals surface area contributed by atoms with Crippen LogP contribution in [0.15, 0.2) is 54.9 Å². The lowest BCUT2D eigenvalue weighted by molar-refractivity contribution is 0.0681. The van der Waals surface area contributed by atoms with Crippen molar-refractivity contribution in [2.45, 2.75) is 32.6 Å². The number of likely N-dealkylation sites (tertiary alicyclic amines) is 1. The fraction of sp³-hybridized carbons (Fsp3) is 0.391. The van der Waals surface area contributed by atoms with E-state index in [9.17, 15) is 4.79 Å². The Morgan fingerprint density at radius 2 is 1.93 bits per heavy atom.